The van der Waals surface area contributed by atoms with Gasteiger partial charge in [-0.15, -0.1) is 0 Å². The van der Waals surface area contributed by atoms with Gasteiger partial charge in [0.15, 0.2) is 0 Å². The van der Waals surface area contributed by atoms with Crippen molar-refractivity contribution in [2.24, 2.45) is 5.73 Å². The third-order valence-electron chi connectivity index (χ3n) is 1.53. The number of carbonyl (C=O) groups is 2. The summed E-state index contributed by atoms with van der Waals surface area (Å²) in [5.74, 6) is -0.361. The Morgan fingerprint density at radius 1 is 1.60 bits per heavy atom. The fourth-order valence-electron chi connectivity index (χ4n) is 0.723. The van der Waals surface area contributed by atoms with Gasteiger partial charge in [0.25, 0.3) is 5.91 Å². The minimum atomic E-state index is -0.906. The number of rotatable bonds is 1. The summed E-state index contributed by atoms with van der Waals surface area (Å²) in [5, 5.41) is 4.49. The molecule has 1 rings (SSSR count). The van der Waals surface area contributed by atoms with Gasteiger partial charge in [0.1, 0.15) is 5.54 Å². The molecule has 0 spiro atoms. The van der Waals surface area contributed by atoms with E-state index in [1.54, 1.807) is 6.92 Å². The molecule has 0 bridgehead atoms. The molecule has 0 radical (unpaired) electrons. The Balaban J connectivity index is 2.80. The first-order chi connectivity index (χ1) is 4.58. The fraction of sp³-hybridized carbons (Fsp3) is 0.600. The Bertz CT molecular complexity index is 191. The largest absolute Gasteiger partial charge is 0.328 e. The molecule has 1 atom stereocenters. The molecule has 5 nitrogen and oxygen atoms in total. The molecule has 4 N–H and O–H groups in total. The normalized spacial score (nSPS) is 31.8. The fourth-order valence-corrected chi connectivity index (χ4v) is 0.723. The van der Waals surface area contributed by atoms with E-state index < -0.39 is 11.6 Å². The smallest absolute Gasteiger partial charge is 0.322 e. The number of nitrogens with two attached hydrogens (primary N) is 1. The van der Waals surface area contributed by atoms with E-state index >= 15 is 0 Å². The van der Waals surface area contributed by atoms with Gasteiger partial charge >= 0.3 is 6.03 Å². The van der Waals surface area contributed by atoms with Gasteiger partial charge in [-0.05, 0) is 6.92 Å². The molecule has 0 aromatic carbocycles. The number of hydrogen-bond donors (Lipinski definition) is 3. The second-order valence-electron chi connectivity index (χ2n) is 2.44. The molecule has 1 heterocycles. The highest BCUT2D eigenvalue weighted by molar-refractivity contribution is 6.06. The van der Waals surface area contributed by atoms with E-state index in [9.17, 15) is 9.59 Å². The lowest BCUT2D eigenvalue weighted by Gasteiger charge is -2.16. The standard InChI is InChI=1S/C5H9N3O2/c1-5(2-6)3(9)7-4(10)8-5/h2,6H2,1H3,(H2,7,8,9,10)/t5-/m0/s1. The maximum absolute atomic E-state index is 10.9. The second kappa shape index (κ2) is 1.95. The topological polar surface area (TPSA) is 84.2 Å². The van der Waals surface area contributed by atoms with E-state index in [-0.39, 0.29) is 12.5 Å². The van der Waals surface area contributed by atoms with E-state index in [1.807, 2.05) is 0 Å². The zero-order chi connectivity index (χ0) is 7.78. The molecule has 0 aliphatic carbocycles. The third kappa shape index (κ3) is 0.841. The zero-order valence-electron chi connectivity index (χ0n) is 5.60. The van der Waals surface area contributed by atoms with Crippen molar-refractivity contribution >= 4 is 11.9 Å². The summed E-state index contributed by atoms with van der Waals surface area (Å²) in [5.41, 5.74) is 4.34. The van der Waals surface area contributed by atoms with Crippen molar-refractivity contribution in [2.75, 3.05) is 6.54 Å². The van der Waals surface area contributed by atoms with Crippen molar-refractivity contribution in [3.63, 3.8) is 0 Å². The van der Waals surface area contributed by atoms with E-state index in [4.69, 9.17) is 5.73 Å². The van der Waals surface area contributed by atoms with Crippen LogP contribution in [0, 0.1) is 0 Å². The molecule has 10 heavy (non-hydrogen) atoms. The maximum Gasteiger partial charge on any atom is 0.322 e. The lowest BCUT2D eigenvalue weighted by atomic mass is 10.0. The van der Waals surface area contributed by atoms with E-state index in [0.29, 0.717) is 0 Å². The first-order valence-corrected chi connectivity index (χ1v) is 2.92. The van der Waals surface area contributed by atoms with E-state index in [2.05, 4.69) is 10.6 Å². The highest BCUT2D eigenvalue weighted by Gasteiger charge is 2.40. The lowest BCUT2D eigenvalue weighted by molar-refractivity contribution is -0.123. The van der Waals surface area contributed by atoms with Crippen molar-refractivity contribution in [3.8, 4) is 0 Å². The molecular formula is C5H9N3O2. The van der Waals surface area contributed by atoms with Gasteiger partial charge in [-0.2, -0.15) is 0 Å². The van der Waals surface area contributed by atoms with Crippen LogP contribution in [0.2, 0.25) is 0 Å². The Kier molecular flexibility index (Phi) is 1.37. The summed E-state index contributed by atoms with van der Waals surface area (Å²) in [6.45, 7) is 1.69. The highest BCUT2D eigenvalue weighted by Crippen LogP contribution is 2.05. The monoisotopic (exact) mass is 143 g/mol. The summed E-state index contributed by atoms with van der Waals surface area (Å²) >= 11 is 0. The Hall–Kier alpha value is -1.10. The van der Waals surface area contributed by atoms with Crippen LogP contribution in [0.25, 0.3) is 0 Å². The van der Waals surface area contributed by atoms with Crippen LogP contribution in [0.4, 0.5) is 4.79 Å². The minimum absolute atomic E-state index is 0.116. The van der Waals surface area contributed by atoms with Crippen LogP contribution in [0.3, 0.4) is 0 Å². The van der Waals surface area contributed by atoms with Crippen LogP contribution < -0.4 is 16.4 Å². The summed E-state index contributed by atoms with van der Waals surface area (Å²) in [6.07, 6.45) is 0. The van der Waals surface area contributed by atoms with Gasteiger partial charge in [0.2, 0.25) is 0 Å². The molecule has 3 amide bonds. The van der Waals surface area contributed by atoms with Gasteiger partial charge in [-0.3, -0.25) is 10.1 Å². The van der Waals surface area contributed by atoms with Gasteiger partial charge in [-0.25, -0.2) is 4.79 Å². The summed E-state index contributed by atoms with van der Waals surface area (Å²) in [7, 11) is 0. The first kappa shape index (κ1) is 7.01. The Morgan fingerprint density at radius 3 is 2.40 bits per heavy atom. The van der Waals surface area contributed by atoms with Crippen LogP contribution in [0.1, 0.15) is 6.92 Å². The Morgan fingerprint density at radius 2 is 2.20 bits per heavy atom. The minimum Gasteiger partial charge on any atom is -0.328 e. The molecule has 1 saturated heterocycles. The van der Waals surface area contributed by atoms with Gasteiger partial charge in [-0.1, -0.05) is 0 Å². The Labute approximate surface area is 58.0 Å². The summed E-state index contributed by atoms with van der Waals surface area (Å²) in [4.78, 5) is 21.4. The average molecular weight is 143 g/mol. The average Bonchev–Trinajstić information content (AvgIpc) is 2.09. The first-order valence-electron chi connectivity index (χ1n) is 2.92. The molecule has 0 unspecified atom stereocenters. The number of nitrogens with one attached hydrogen (secondary N) is 2. The SMILES string of the molecule is C[C@@]1(CN)NC(=O)NC1=O. The summed E-state index contributed by atoms with van der Waals surface area (Å²) < 4.78 is 0. The maximum atomic E-state index is 10.9. The molecule has 5 heteroatoms. The molecule has 0 saturated carbocycles. The quantitative estimate of drug-likeness (QED) is 0.392. The van der Waals surface area contributed by atoms with Crippen molar-refractivity contribution in [2.45, 2.75) is 12.5 Å². The van der Waals surface area contributed by atoms with Crippen LogP contribution >= 0.6 is 0 Å². The van der Waals surface area contributed by atoms with Crippen molar-refractivity contribution < 1.29 is 9.59 Å². The molecular weight excluding hydrogens is 134 g/mol. The molecule has 56 valence electrons. The number of urea groups is 1. The van der Waals surface area contributed by atoms with Crippen molar-refractivity contribution in [1.29, 1.82) is 0 Å². The van der Waals surface area contributed by atoms with Crippen LogP contribution in [-0.4, -0.2) is 24.0 Å². The van der Waals surface area contributed by atoms with Crippen molar-refractivity contribution in [1.82, 2.24) is 10.6 Å². The van der Waals surface area contributed by atoms with Crippen LogP contribution in [-0.2, 0) is 4.79 Å². The molecule has 1 aliphatic heterocycles. The number of imide groups is 1. The van der Waals surface area contributed by atoms with Gasteiger partial charge in [0.05, 0.1) is 0 Å². The predicted molar refractivity (Wildman–Crippen MR) is 34.1 cm³/mol. The molecule has 1 fully saturated rings. The lowest BCUT2D eigenvalue weighted by Crippen LogP contribution is -2.49. The number of amides is 3. The predicted octanol–water partition coefficient (Wildman–Crippen LogP) is -1.46. The van der Waals surface area contributed by atoms with E-state index in [0.717, 1.165) is 0 Å². The number of carbonyl (C=O) groups excluding carboxylic acids is 2. The number of hydrogen-bond acceptors (Lipinski definition) is 3. The van der Waals surface area contributed by atoms with E-state index in [1.165, 1.54) is 0 Å². The summed E-state index contributed by atoms with van der Waals surface area (Å²) in [6, 6.07) is -0.474. The highest BCUT2D eigenvalue weighted by atomic mass is 16.2. The van der Waals surface area contributed by atoms with Crippen molar-refractivity contribution in [3.05, 3.63) is 0 Å². The zero-order valence-corrected chi connectivity index (χ0v) is 5.60. The molecule has 0 aromatic heterocycles. The molecule has 0 aromatic rings. The van der Waals surface area contributed by atoms with Crippen LogP contribution in [0.15, 0.2) is 0 Å². The van der Waals surface area contributed by atoms with Gasteiger partial charge < -0.3 is 11.1 Å². The third-order valence-corrected chi connectivity index (χ3v) is 1.53. The molecule has 1 aliphatic rings. The van der Waals surface area contributed by atoms with Gasteiger partial charge in [0, 0.05) is 6.54 Å². The van der Waals surface area contributed by atoms with Crippen LogP contribution in [0.5, 0.6) is 0 Å². The second-order valence-corrected chi connectivity index (χ2v) is 2.44.